The summed E-state index contributed by atoms with van der Waals surface area (Å²) in [6, 6.07) is 5.78. The second-order valence-electron chi connectivity index (χ2n) is 7.13. The van der Waals surface area contributed by atoms with Crippen LogP contribution >= 0.6 is 0 Å². The third-order valence-electron chi connectivity index (χ3n) is 3.77. The Kier molecular flexibility index (Phi) is 5.12. The summed E-state index contributed by atoms with van der Waals surface area (Å²) < 4.78 is 6.07. The van der Waals surface area contributed by atoms with E-state index in [9.17, 15) is 4.79 Å². The van der Waals surface area contributed by atoms with Crippen LogP contribution in [0.4, 0.5) is 5.69 Å². The Morgan fingerprint density at radius 2 is 2.14 bits per heavy atom. The highest BCUT2D eigenvalue weighted by atomic mass is 16.5. The Morgan fingerprint density at radius 1 is 1.41 bits per heavy atom. The minimum absolute atomic E-state index is 0.155. The molecule has 4 nitrogen and oxygen atoms in total. The average molecular weight is 304 g/mol. The Bertz CT molecular complexity index is 538. The van der Waals surface area contributed by atoms with Crippen LogP contribution in [0.2, 0.25) is 0 Å². The third kappa shape index (κ3) is 4.01. The molecule has 0 saturated heterocycles. The van der Waals surface area contributed by atoms with Crippen molar-refractivity contribution in [3.05, 3.63) is 23.8 Å². The molecule has 1 aromatic rings. The summed E-state index contributed by atoms with van der Waals surface area (Å²) in [5, 5.41) is 0. The number of hydrogen-bond donors (Lipinski definition) is 1. The lowest BCUT2D eigenvalue weighted by Gasteiger charge is -2.41. The predicted molar refractivity (Wildman–Crippen MR) is 90.8 cm³/mol. The number of rotatable bonds is 6. The molecule has 2 N–H and O–H groups in total. The Labute approximate surface area is 133 Å². The standard InChI is InChI=1S/C18H28N2O2/c1-13(2)11-20-12-18(3,4)22-17-8-7-14(10-15(17)20)16(21)6-5-9-19/h7-8,10,13H,5-6,9,11-12,19H2,1-4H3. The molecule has 0 fully saturated rings. The molecule has 2 rings (SSSR count). The first-order chi connectivity index (χ1) is 10.3. The molecule has 0 radical (unpaired) electrons. The summed E-state index contributed by atoms with van der Waals surface area (Å²) in [5.74, 6) is 1.58. The van der Waals surface area contributed by atoms with E-state index < -0.39 is 0 Å². The normalized spacial score (nSPS) is 16.4. The first-order valence-corrected chi connectivity index (χ1v) is 8.13. The molecule has 1 aliphatic rings. The zero-order chi connectivity index (χ0) is 16.3. The molecule has 0 bridgehead atoms. The monoisotopic (exact) mass is 304 g/mol. The number of benzene rings is 1. The second-order valence-corrected chi connectivity index (χ2v) is 7.13. The number of Topliss-reactive ketones (excluding diaryl/α,β-unsaturated/α-hetero) is 1. The van der Waals surface area contributed by atoms with E-state index >= 15 is 0 Å². The van der Waals surface area contributed by atoms with Gasteiger partial charge in [-0.1, -0.05) is 13.8 Å². The van der Waals surface area contributed by atoms with E-state index in [1.807, 2.05) is 18.2 Å². The Balaban J connectivity index is 2.30. The molecule has 1 heterocycles. The molecule has 1 aliphatic heterocycles. The van der Waals surface area contributed by atoms with Crippen LogP contribution in [-0.2, 0) is 0 Å². The first-order valence-electron chi connectivity index (χ1n) is 8.13. The Hall–Kier alpha value is -1.55. The molecule has 1 aromatic carbocycles. The molecule has 0 saturated carbocycles. The van der Waals surface area contributed by atoms with Crippen LogP contribution in [0.25, 0.3) is 0 Å². The van der Waals surface area contributed by atoms with Crippen molar-refractivity contribution in [3.63, 3.8) is 0 Å². The fourth-order valence-electron chi connectivity index (χ4n) is 2.91. The summed E-state index contributed by atoms with van der Waals surface area (Å²) in [5.41, 5.74) is 7.06. The van der Waals surface area contributed by atoms with Crippen molar-refractivity contribution in [1.82, 2.24) is 0 Å². The highest BCUT2D eigenvalue weighted by Gasteiger charge is 2.32. The van der Waals surface area contributed by atoms with Crippen LogP contribution in [0.5, 0.6) is 5.75 Å². The highest BCUT2D eigenvalue weighted by molar-refractivity contribution is 5.97. The van der Waals surface area contributed by atoms with E-state index in [0.717, 1.165) is 36.5 Å². The number of nitrogens with two attached hydrogens (primary N) is 1. The van der Waals surface area contributed by atoms with Gasteiger partial charge in [0, 0.05) is 18.5 Å². The minimum Gasteiger partial charge on any atom is -0.484 e. The molecule has 4 heteroatoms. The Morgan fingerprint density at radius 3 is 2.77 bits per heavy atom. The van der Waals surface area contributed by atoms with Gasteiger partial charge in [0.15, 0.2) is 5.78 Å². The quantitative estimate of drug-likeness (QED) is 0.820. The maximum Gasteiger partial charge on any atom is 0.163 e. The third-order valence-corrected chi connectivity index (χ3v) is 3.77. The van der Waals surface area contributed by atoms with Gasteiger partial charge in [0.25, 0.3) is 0 Å². The number of nitrogens with zero attached hydrogens (tertiary/aromatic N) is 1. The van der Waals surface area contributed by atoms with Crippen LogP contribution in [0.3, 0.4) is 0 Å². The van der Waals surface area contributed by atoms with Gasteiger partial charge in [0.2, 0.25) is 0 Å². The topological polar surface area (TPSA) is 55.6 Å². The fraction of sp³-hybridized carbons (Fsp3) is 0.611. The lowest BCUT2D eigenvalue weighted by atomic mass is 10.00. The van der Waals surface area contributed by atoms with Gasteiger partial charge in [-0.3, -0.25) is 4.79 Å². The summed E-state index contributed by atoms with van der Waals surface area (Å²) >= 11 is 0. The number of carbonyl (C=O) groups excluding carboxylic acids is 1. The summed E-state index contributed by atoms with van der Waals surface area (Å²) in [6.45, 7) is 11.0. The minimum atomic E-state index is -0.215. The SMILES string of the molecule is CC(C)CN1CC(C)(C)Oc2ccc(C(=O)CCCN)cc21. The number of anilines is 1. The summed E-state index contributed by atoms with van der Waals surface area (Å²) in [4.78, 5) is 14.6. The first kappa shape index (κ1) is 16.8. The number of carbonyl (C=O) groups is 1. The zero-order valence-electron chi connectivity index (χ0n) is 14.2. The molecule has 0 atom stereocenters. The van der Waals surface area contributed by atoms with Crippen molar-refractivity contribution in [2.24, 2.45) is 11.7 Å². The van der Waals surface area contributed by atoms with E-state index in [2.05, 4.69) is 32.6 Å². The van der Waals surface area contributed by atoms with Gasteiger partial charge >= 0.3 is 0 Å². The van der Waals surface area contributed by atoms with E-state index in [0.29, 0.717) is 18.9 Å². The lowest BCUT2D eigenvalue weighted by Crippen LogP contribution is -2.48. The van der Waals surface area contributed by atoms with Crippen molar-refractivity contribution in [1.29, 1.82) is 0 Å². The molecule has 0 amide bonds. The molecule has 22 heavy (non-hydrogen) atoms. The smallest absolute Gasteiger partial charge is 0.163 e. The summed E-state index contributed by atoms with van der Waals surface area (Å²) in [7, 11) is 0. The fourth-order valence-corrected chi connectivity index (χ4v) is 2.91. The maximum atomic E-state index is 12.2. The number of hydrogen-bond acceptors (Lipinski definition) is 4. The van der Waals surface area contributed by atoms with Crippen LogP contribution in [0.15, 0.2) is 18.2 Å². The van der Waals surface area contributed by atoms with Gasteiger partial charge in [-0.05, 0) is 50.9 Å². The van der Waals surface area contributed by atoms with E-state index in [4.69, 9.17) is 10.5 Å². The number of ether oxygens (including phenoxy) is 1. The van der Waals surface area contributed by atoms with E-state index in [-0.39, 0.29) is 11.4 Å². The van der Waals surface area contributed by atoms with Gasteiger partial charge in [0.05, 0.1) is 12.2 Å². The molecule has 0 aromatic heterocycles. The van der Waals surface area contributed by atoms with Crippen LogP contribution in [0.1, 0.15) is 50.9 Å². The van der Waals surface area contributed by atoms with Crippen molar-refractivity contribution in [2.75, 3.05) is 24.5 Å². The molecule has 122 valence electrons. The van der Waals surface area contributed by atoms with Crippen LogP contribution < -0.4 is 15.4 Å². The van der Waals surface area contributed by atoms with Crippen LogP contribution in [-0.4, -0.2) is 31.0 Å². The van der Waals surface area contributed by atoms with Crippen molar-refractivity contribution < 1.29 is 9.53 Å². The lowest BCUT2D eigenvalue weighted by molar-refractivity contribution is 0.0979. The summed E-state index contributed by atoms with van der Waals surface area (Å²) in [6.07, 6.45) is 1.24. The highest BCUT2D eigenvalue weighted by Crippen LogP contribution is 2.38. The average Bonchev–Trinajstić information content (AvgIpc) is 2.42. The van der Waals surface area contributed by atoms with E-state index in [1.165, 1.54) is 0 Å². The molecular formula is C18H28N2O2. The maximum absolute atomic E-state index is 12.2. The van der Waals surface area contributed by atoms with Crippen molar-refractivity contribution in [3.8, 4) is 5.75 Å². The van der Waals surface area contributed by atoms with Crippen LogP contribution in [0, 0.1) is 5.92 Å². The molecule has 0 spiro atoms. The zero-order valence-corrected chi connectivity index (χ0v) is 14.2. The molecular weight excluding hydrogens is 276 g/mol. The van der Waals surface area contributed by atoms with E-state index in [1.54, 1.807) is 0 Å². The largest absolute Gasteiger partial charge is 0.484 e. The number of ketones is 1. The van der Waals surface area contributed by atoms with Gasteiger partial charge in [-0.15, -0.1) is 0 Å². The number of fused-ring (bicyclic) bond motifs is 1. The molecule has 0 unspecified atom stereocenters. The predicted octanol–water partition coefficient (Wildman–Crippen LogP) is 3.24. The molecule has 0 aliphatic carbocycles. The van der Waals surface area contributed by atoms with Gasteiger partial charge in [0.1, 0.15) is 11.4 Å². The van der Waals surface area contributed by atoms with Crippen molar-refractivity contribution in [2.45, 2.75) is 46.1 Å². The van der Waals surface area contributed by atoms with Crippen molar-refractivity contribution >= 4 is 11.5 Å². The second kappa shape index (κ2) is 6.69. The van der Waals surface area contributed by atoms with Gasteiger partial charge in [-0.2, -0.15) is 0 Å². The van der Waals surface area contributed by atoms with Gasteiger partial charge < -0.3 is 15.4 Å². The van der Waals surface area contributed by atoms with Gasteiger partial charge in [-0.25, -0.2) is 0 Å².